The zero-order valence-corrected chi connectivity index (χ0v) is 40.6. The first-order chi connectivity index (χ1) is 31.9. The van der Waals surface area contributed by atoms with Gasteiger partial charge in [-0.1, -0.05) is 24.3 Å². The van der Waals surface area contributed by atoms with Gasteiger partial charge >= 0.3 is 0 Å². The lowest BCUT2D eigenvalue weighted by Crippen LogP contribution is -2.54. The third-order valence-corrected chi connectivity index (χ3v) is 15.9. The highest BCUT2D eigenvalue weighted by Crippen LogP contribution is 2.40. The molecular weight excluding hydrogens is 923 g/mol. The second-order valence-electron chi connectivity index (χ2n) is 18.4. The SMILES string of the molecule is COc1cc(N2CCC(N3CCN(CCN4CCC(c5ccc(NC6CCC(=O)NC6=O)cc5)CC4)CC3)CC2)c(C)cc1Nc1ncc(Br)c(Nc2cccc3c2N(S(C)(=O)=O)CC3)n1. The van der Waals surface area contributed by atoms with Gasteiger partial charge in [-0.15, -0.1) is 0 Å². The Kier molecular flexibility index (Phi) is 14.0. The summed E-state index contributed by atoms with van der Waals surface area (Å²) in [5, 5.41) is 12.4. The van der Waals surface area contributed by atoms with Gasteiger partial charge < -0.3 is 30.5 Å². The van der Waals surface area contributed by atoms with Crippen molar-refractivity contribution in [2.45, 2.75) is 69.9 Å². The van der Waals surface area contributed by atoms with Crippen LogP contribution in [0.25, 0.3) is 0 Å². The number of hydrogen-bond acceptors (Lipinski definition) is 14. The molecule has 5 aliphatic heterocycles. The maximum atomic E-state index is 12.6. The standard InChI is InChI=1S/C48H62BrN11O5S/c1-32-29-41(53-48-50-31-38(49)46(55-48)52-39-6-4-5-35-15-22-60(45(35)39)66(3,63)64)43(65-2)30-42(32)59-20-16-37(17-21-59)58-27-25-57(26-28-58)24-23-56-18-13-34(14-19-56)33-7-9-36(10-8-33)51-40-11-12-44(61)54-47(40)62/h4-10,29-31,34,37,40,51H,11-28H2,1-3H3,(H,54,61,62)(H2,50,52,53,55). The van der Waals surface area contributed by atoms with Crippen LogP contribution in [0.4, 0.5) is 40.2 Å². The maximum absolute atomic E-state index is 12.6. The van der Waals surface area contributed by atoms with Gasteiger partial charge in [-0.3, -0.25) is 29.0 Å². The summed E-state index contributed by atoms with van der Waals surface area (Å²) in [7, 11) is -1.75. The molecule has 18 heteroatoms. The van der Waals surface area contributed by atoms with Crippen molar-refractivity contribution in [2.75, 3.05) is 111 Å². The smallest absolute Gasteiger partial charge is 0.249 e. The van der Waals surface area contributed by atoms with Gasteiger partial charge in [0.05, 0.1) is 34.9 Å². The molecule has 9 rings (SSSR count). The van der Waals surface area contributed by atoms with Gasteiger partial charge in [0.15, 0.2) is 0 Å². The minimum atomic E-state index is -3.44. The molecule has 2 amide bonds. The zero-order chi connectivity index (χ0) is 46.0. The first kappa shape index (κ1) is 46.1. The summed E-state index contributed by atoms with van der Waals surface area (Å²) >= 11 is 3.58. The number of aromatic nitrogens is 2. The summed E-state index contributed by atoms with van der Waals surface area (Å²) < 4.78 is 33.2. The molecule has 4 fully saturated rings. The Morgan fingerprint density at radius 3 is 2.26 bits per heavy atom. The molecule has 0 radical (unpaired) electrons. The Morgan fingerprint density at radius 1 is 0.833 bits per heavy atom. The number of carbonyl (C=O) groups excluding carboxylic acids is 2. The average Bonchev–Trinajstić information content (AvgIpc) is 3.78. The number of fused-ring (bicyclic) bond motifs is 1. The highest BCUT2D eigenvalue weighted by atomic mass is 79.9. The monoisotopic (exact) mass is 983 g/mol. The van der Waals surface area contributed by atoms with Crippen LogP contribution < -0.4 is 35.2 Å². The number of nitrogens with zero attached hydrogens (tertiary/aromatic N) is 7. The van der Waals surface area contributed by atoms with Crippen molar-refractivity contribution in [2.24, 2.45) is 0 Å². The number of benzene rings is 3. The van der Waals surface area contributed by atoms with Crippen LogP contribution in [0.3, 0.4) is 0 Å². The number of aryl methyl sites for hydroxylation is 1. The van der Waals surface area contributed by atoms with Gasteiger partial charge in [-0.05, 0) is 121 Å². The van der Waals surface area contributed by atoms with Gasteiger partial charge in [0.2, 0.25) is 27.8 Å². The number of anilines is 7. The van der Waals surface area contributed by atoms with Crippen LogP contribution in [0.2, 0.25) is 0 Å². The van der Waals surface area contributed by atoms with Gasteiger partial charge in [0.25, 0.3) is 0 Å². The lowest BCUT2D eigenvalue weighted by atomic mass is 9.89. The van der Waals surface area contributed by atoms with Gasteiger partial charge in [0.1, 0.15) is 17.6 Å². The van der Waals surface area contributed by atoms with Crippen molar-refractivity contribution in [1.29, 1.82) is 0 Å². The Bertz CT molecular complexity index is 2510. The van der Waals surface area contributed by atoms with E-state index in [1.165, 1.54) is 21.8 Å². The number of halogens is 1. The number of amides is 2. The quantitative estimate of drug-likeness (QED) is 0.108. The lowest BCUT2D eigenvalue weighted by Gasteiger charge is -2.44. The molecule has 5 aliphatic rings. The van der Waals surface area contributed by atoms with Gasteiger partial charge in [-0.2, -0.15) is 4.98 Å². The number of ether oxygens (including phenoxy) is 1. The number of methoxy groups -OCH3 is 1. The van der Waals surface area contributed by atoms with Crippen molar-refractivity contribution in [1.82, 2.24) is 30.0 Å². The second-order valence-corrected chi connectivity index (χ2v) is 21.1. The number of para-hydroxylation sites is 1. The minimum Gasteiger partial charge on any atom is -0.494 e. The van der Waals surface area contributed by atoms with E-state index in [0.29, 0.717) is 71.1 Å². The number of likely N-dealkylation sites (tertiary alicyclic amines) is 1. The Morgan fingerprint density at radius 2 is 1.56 bits per heavy atom. The third-order valence-electron chi connectivity index (χ3n) is 14.1. The fourth-order valence-electron chi connectivity index (χ4n) is 10.4. The molecule has 1 aromatic heterocycles. The predicted molar refractivity (Wildman–Crippen MR) is 264 cm³/mol. The van der Waals surface area contributed by atoms with Gasteiger partial charge in [-0.25, -0.2) is 13.4 Å². The van der Waals surface area contributed by atoms with Crippen molar-refractivity contribution in [3.05, 3.63) is 82.0 Å². The summed E-state index contributed by atoms with van der Waals surface area (Å²) in [6, 6.07) is 18.7. The second kappa shape index (κ2) is 20.1. The highest BCUT2D eigenvalue weighted by molar-refractivity contribution is 9.10. The number of sulfonamides is 1. The number of piperazine rings is 1. The van der Waals surface area contributed by atoms with E-state index in [2.05, 4.69) is 105 Å². The van der Waals surface area contributed by atoms with Crippen molar-refractivity contribution in [3.63, 3.8) is 0 Å². The van der Waals surface area contributed by atoms with Crippen LogP contribution in [0.15, 0.2) is 65.3 Å². The van der Waals surface area contributed by atoms with Gasteiger partial charge in [0, 0.05) is 95.0 Å². The fraction of sp³-hybridized carbons (Fsp3) is 0.500. The van der Waals surface area contributed by atoms with Crippen LogP contribution in [-0.4, -0.2) is 142 Å². The number of hydrogen-bond donors (Lipinski definition) is 4. The van der Waals surface area contributed by atoms with E-state index in [9.17, 15) is 18.0 Å². The number of piperidine rings is 3. The molecule has 6 heterocycles. The van der Waals surface area contributed by atoms with Crippen molar-refractivity contribution >= 4 is 78.0 Å². The van der Waals surface area contributed by atoms with E-state index in [-0.39, 0.29) is 17.9 Å². The zero-order valence-electron chi connectivity index (χ0n) is 38.2. The molecule has 4 saturated heterocycles. The molecule has 3 aromatic carbocycles. The molecule has 1 atom stereocenters. The first-order valence-corrected chi connectivity index (χ1v) is 26.0. The third kappa shape index (κ3) is 10.6. The molecule has 0 bridgehead atoms. The molecule has 352 valence electrons. The van der Waals surface area contributed by atoms with Crippen LogP contribution in [0.5, 0.6) is 5.75 Å². The molecule has 66 heavy (non-hydrogen) atoms. The summed E-state index contributed by atoms with van der Waals surface area (Å²) in [6.45, 7) is 13.5. The number of imide groups is 1. The first-order valence-electron chi connectivity index (χ1n) is 23.4. The molecule has 0 saturated carbocycles. The van der Waals surface area contributed by atoms with E-state index in [1.807, 2.05) is 18.2 Å². The normalized spacial score (nSPS) is 20.6. The summed E-state index contributed by atoms with van der Waals surface area (Å²) in [6.07, 6.45) is 9.04. The van der Waals surface area contributed by atoms with Crippen LogP contribution in [0.1, 0.15) is 61.1 Å². The highest BCUT2D eigenvalue weighted by Gasteiger charge is 2.32. The largest absolute Gasteiger partial charge is 0.494 e. The molecule has 4 N–H and O–H groups in total. The Balaban J connectivity index is 0.717. The van der Waals surface area contributed by atoms with E-state index in [4.69, 9.17) is 9.72 Å². The summed E-state index contributed by atoms with van der Waals surface area (Å²) in [5.74, 6) is 1.71. The molecule has 1 unspecified atom stereocenters. The molecule has 4 aromatic rings. The van der Waals surface area contributed by atoms with E-state index >= 15 is 0 Å². The van der Waals surface area contributed by atoms with Crippen molar-refractivity contribution < 1.29 is 22.7 Å². The topological polar surface area (TPSA) is 168 Å². The number of nitrogens with one attached hydrogen (secondary N) is 4. The maximum Gasteiger partial charge on any atom is 0.249 e. The molecular formula is C48H62BrN11O5S. The Labute approximate surface area is 397 Å². The van der Waals surface area contributed by atoms with Crippen LogP contribution >= 0.6 is 15.9 Å². The molecule has 16 nitrogen and oxygen atoms in total. The fourth-order valence-corrected chi connectivity index (χ4v) is 11.6. The summed E-state index contributed by atoms with van der Waals surface area (Å²) in [5.41, 5.74) is 7.65. The van der Waals surface area contributed by atoms with E-state index < -0.39 is 10.0 Å². The Hall–Kier alpha value is -5.01. The minimum absolute atomic E-state index is 0.194. The van der Waals surface area contributed by atoms with Crippen molar-refractivity contribution in [3.8, 4) is 5.75 Å². The van der Waals surface area contributed by atoms with E-state index in [1.54, 1.807) is 13.3 Å². The average molecular weight is 985 g/mol. The van der Waals surface area contributed by atoms with Crippen LogP contribution in [0, 0.1) is 6.92 Å². The van der Waals surface area contributed by atoms with Crippen LogP contribution in [-0.2, 0) is 26.0 Å². The number of carbonyl (C=O) groups is 2. The lowest BCUT2D eigenvalue weighted by molar-refractivity contribution is -0.133. The predicted octanol–water partition coefficient (Wildman–Crippen LogP) is 6.05. The molecule has 0 aliphatic carbocycles. The summed E-state index contributed by atoms with van der Waals surface area (Å²) in [4.78, 5) is 43.4. The van der Waals surface area contributed by atoms with E-state index in [0.717, 1.165) is 114 Å². The molecule has 0 spiro atoms. The number of rotatable bonds is 14.